The lowest BCUT2D eigenvalue weighted by Gasteiger charge is -2.08. The smallest absolute Gasteiger partial charge is 0.349 e. The van der Waals surface area contributed by atoms with Crippen molar-refractivity contribution in [1.29, 1.82) is 0 Å². The summed E-state index contributed by atoms with van der Waals surface area (Å²) in [7, 11) is 0. The molecule has 0 saturated heterocycles. The Kier molecular flexibility index (Phi) is 4.47. The highest BCUT2D eigenvalue weighted by atomic mass is 79.9. The van der Waals surface area contributed by atoms with Crippen molar-refractivity contribution >= 4 is 43.5 Å². The number of nitrogens with zero attached hydrogens (tertiary/aromatic N) is 3. The van der Waals surface area contributed by atoms with Gasteiger partial charge in [0.2, 0.25) is 5.95 Å². The first kappa shape index (κ1) is 14.6. The van der Waals surface area contributed by atoms with Crippen molar-refractivity contribution in [2.24, 2.45) is 5.84 Å². The van der Waals surface area contributed by atoms with Crippen LogP contribution < -0.4 is 16.0 Å². The number of rotatable bonds is 4. The molecule has 0 spiro atoms. The van der Waals surface area contributed by atoms with Crippen molar-refractivity contribution < 1.29 is 9.66 Å². The minimum Gasteiger partial charge on any atom is -0.432 e. The molecule has 0 aliphatic heterocycles. The Balaban J connectivity index is 2.43. The molecule has 0 atom stereocenters. The number of benzene rings is 1. The van der Waals surface area contributed by atoms with Gasteiger partial charge in [0.1, 0.15) is 11.9 Å². The summed E-state index contributed by atoms with van der Waals surface area (Å²) in [4.78, 5) is 17.8. The van der Waals surface area contributed by atoms with E-state index in [1.807, 2.05) is 0 Å². The maximum Gasteiger partial charge on any atom is 0.349 e. The van der Waals surface area contributed by atoms with Gasteiger partial charge in [0.05, 0.1) is 9.40 Å². The second kappa shape index (κ2) is 6.11. The van der Waals surface area contributed by atoms with E-state index in [2.05, 4.69) is 47.3 Å². The van der Waals surface area contributed by atoms with Crippen LogP contribution in [-0.4, -0.2) is 14.9 Å². The molecule has 0 aliphatic rings. The van der Waals surface area contributed by atoms with Crippen molar-refractivity contribution in [3.8, 4) is 11.6 Å². The van der Waals surface area contributed by atoms with Crippen LogP contribution in [-0.2, 0) is 0 Å². The molecule has 104 valence electrons. The Hall–Kier alpha value is -1.78. The summed E-state index contributed by atoms with van der Waals surface area (Å²) in [5.41, 5.74) is 1.84. The molecule has 0 amide bonds. The molecular weight excluding hydrogens is 398 g/mol. The molecule has 3 N–H and O–H groups in total. The predicted molar refractivity (Wildman–Crippen MR) is 78.4 cm³/mol. The van der Waals surface area contributed by atoms with Gasteiger partial charge in [0.25, 0.3) is 0 Å². The molecule has 20 heavy (non-hydrogen) atoms. The number of nitrogens with one attached hydrogen (secondary N) is 1. The van der Waals surface area contributed by atoms with Crippen LogP contribution in [0.1, 0.15) is 0 Å². The molecule has 1 aromatic heterocycles. The van der Waals surface area contributed by atoms with Crippen molar-refractivity contribution in [2.45, 2.75) is 0 Å². The molecule has 0 unspecified atom stereocenters. The molecule has 1 aromatic carbocycles. The Bertz CT molecular complexity index is 667. The monoisotopic (exact) mass is 403 g/mol. The maximum atomic E-state index is 10.9. The zero-order valence-corrected chi connectivity index (χ0v) is 12.9. The van der Waals surface area contributed by atoms with Crippen molar-refractivity contribution in [1.82, 2.24) is 9.97 Å². The van der Waals surface area contributed by atoms with Gasteiger partial charge in [0, 0.05) is 4.47 Å². The first-order chi connectivity index (χ1) is 9.51. The second-order valence-electron chi connectivity index (χ2n) is 3.46. The van der Waals surface area contributed by atoms with Crippen LogP contribution in [0.3, 0.4) is 0 Å². The SMILES string of the molecule is NNc1ncc([N+](=O)[O-])c(Oc2ccc(Br)cc2Br)n1. The first-order valence-corrected chi connectivity index (χ1v) is 6.71. The minimum absolute atomic E-state index is 0.0128. The molecule has 0 radical (unpaired) electrons. The predicted octanol–water partition coefficient (Wildman–Crippen LogP) is 2.99. The summed E-state index contributed by atoms with van der Waals surface area (Å²) in [6, 6.07) is 5.11. The number of hydrogen-bond acceptors (Lipinski definition) is 7. The fraction of sp³-hybridized carbons (Fsp3) is 0. The third kappa shape index (κ3) is 3.21. The number of anilines is 1. The van der Waals surface area contributed by atoms with E-state index in [-0.39, 0.29) is 17.5 Å². The Labute approximate surface area is 129 Å². The van der Waals surface area contributed by atoms with Crippen LogP contribution in [0.4, 0.5) is 11.6 Å². The number of hydrazine groups is 1. The summed E-state index contributed by atoms with van der Waals surface area (Å²) in [6.45, 7) is 0. The molecule has 0 fully saturated rings. The molecule has 0 bridgehead atoms. The largest absolute Gasteiger partial charge is 0.432 e. The lowest BCUT2D eigenvalue weighted by molar-refractivity contribution is -0.386. The van der Waals surface area contributed by atoms with Gasteiger partial charge in [-0.1, -0.05) is 15.9 Å². The first-order valence-electron chi connectivity index (χ1n) is 5.12. The van der Waals surface area contributed by atoms with Gasteiger partial charge < -0.3 is 4.74 Å². The molecule has 10 heteroatoms. The van der Waals surface area contributed by atoms with Gasteiger partial charge in [0.15, 0.2) is 0 Å². The number of aromatic nitrogens is 2. The Morgan fingerprint density at radius 2 is 2.15 bits per heavy atom. The third-order valence-corrected chi connectivity index (χ3v) is 3.27. The third-order valence-electron chi connectivity index (χ3n) is 2.16. The number of ether oxygens (including phenoxy) is 1. The van der Waals surface area contributed by atoms with E-state index in [0.29, 0.717) is 10.2 Å². The van der Waals surface area contributed by atoms with Crippen LogP contribution in [0.5, 0.6) is 11.6 Å². The lowest BCUT2D eigenvalue weighted by Crippen LogP contribution is -2.11. The minimum atomic E-state index is -0.637. The summed E-state index contributed by atoms with van der Waals surface area (Å²) < 4.78 is 6.89. The van der Waals surface area contributed by atoms with Gasteiger partial charge in [-0.25, -0.2) is 10.8 Å². The standard InChI is InChI=1S/C10H7Br2N5O3/c11-5-1-2-8(6(12)3-5)20-9-7(17(18)19)4-14-10(15-9)16-13/h1-4H,13H2,(H,14,15,16). The van der Waals surface area contributed by atoms with Crippen LogP contribution in [0, 0.1) is 10.1 Å². The molecule has 0 saturated carbocycles. The zero-order chi connectivity index (χ0) is 14.7. The highest BCUT2D eigenvalue weighted by Crippen LogP contribution is 2.35. The Morgan fingerprint density at radius 1 is 1.40 bits per heavy atom. The van der Waals surface area contributed by atoms with E-state index < -0.39 is 4.92 Å². The van der Waals surface area contributed by atoms with Gasteiger partial charge in [-0.15, -0.1) is 0 Å². The molecule has 2 rings (SSSR count). The zero-order valence-electron chi connectivity index (χ0n) is 9.71. The number of nitrogen functional groups attached to an aromatic ring is 1. The average Bonchev–Trinajstić information content (AvgIpc) is 2.41. The quantitative estimate of drug-likeness (QED) is 0.457. The summed E-state index contributed by atoms with van der Waals surface area (Å²) in [5.74, 6) is 5.35. The van der Waals surface area contributed by atoms with Gasteiger partial charge in [-0.3, -0.25) is 15.5 Å². The van der Waals surface area contributed by atoms with E-state index in [1.54, 1.807) is 18.2 Å². The van der Waals surface area contributed by atoms with E-state index >= 15 is 0 Å². The molecular formula is C10H7Br2N5O3. The number of nitro groups is 1. The van der Waals surface area contributed by atoms with Crippen LogP contribution in [0.2, 0.25) is 0 Å². The Morgan fingerprint density at radius 3 is 2.75 bits per heavy atom. The normalized spacial score (nSPS) is 10.2. The molecule has 1 heterocycles. The van der Waals surface area contributed by atoms with Crippen LogP contribution in [0.25, 0.3) is 0 Å². The highest BCUT2D eigenvalue weighted by Gasteiger charge is 2.20. The fourth-order valence-corrected chi connectivity index (χ4v) is 2.42. The summed E-state index contributed by atoms with van der Waals surface area (Å²) >= 11 is 6.59. The van der Waals surface area contributed by atoms with Crippen molar-refractivity contribution in [2.75, 3.05) is 5.43 Å². The van der Waals surface area contributed by atoms with Gasteiger partial charge in [-0.2, -0.15) is 4.98 Å². The highest BCUT2D eigenvalue weighted by molar-refractivity contribution is 9.11. The van der Waals surface area contributed by atoms with E-state index in [9.17, 15) is 10.1 Å². The summed E-state index contributed by atoms with van der Waals surface area (Å²) in [6.07, 6.45) is 1.02. The topological polar surface area (TPSA) is 116 Å². The second-order valence-corrected chi connectivity index (χ2v) is 5.23. The molecule has 0 aliphatic carbocycles. The van der Waals surface area contributed by atoms with Crippen molar-refractivity contribution in [3.63, 3.8) is 0 Å². The van der Waals surface area contributed by atoms with Crippen LogP contribution >= 0.6 is 31.9 Å². The van der Waals surface area contributed by atoms with Gasteiger partial charge >= 0.3 is 11.6 Å². The number of nitrogens with two attached hydrogens (primary N) is 1. The number of hydrogen-bond donors (Lipinski definition) is 2. The fourth-order valence-electron chi connectivity index (χ4n) is 1.29. The summed E-state index contributed by atoms with van der Waals surface area (Å²) in [5, 5.41) is 10.9. The van der Waals surface area contributed by atoms with E-state index in [4.69, 9.17) is 10.6 Å². The lowest BCUT2D eigenvalue weighted by atomic mass is 10.3. The maximum absolute atomic E-state index is 10.9. The molecule has 8 nitrogen and oxygen atoms in total. The van der Waals surface area contributed by atoms with Crippen LogP contribution in [0.15, 0.2) is 33.3 Å². The van der Waals surface area contributed by atoms with Crippen molar-refractivity contribution in [3.05, 3.63) is 43.5 Å². The van der Waals surface area contributed by atoms with Gasteiger partial charge in [-0.05, 0) is 34.1 Å². The van der Waals surface area contributed by atoms with E-state index in [1.165, 1.54) is 0 Å². The average molecular weight is 405 g/mol. The molecule has 2 aromatic rings. The van der Waals surface area contributed by atoms with E-state index in [0.717, 1.165) is 10.7 Å². The number of halogens is 2.